The molecule has 0 aliphatic carbocycles. The van der Waals surface area contributed by atoms with Crippen LogP contribution >= 0.6 is 12.4 Å². The predicted molar refractivity (Wildman–Crippen MR) is 44.0 cm³/mol. The van der Waals surface area contributed by atoms with E-state index in [4.69, 9.17) is 0 Å². The first kappa shape index (κ1) is 14.6. The van der Waals surface area contributed by atoms with E-state index < -0.39 is 11.7 Å². The van der Waals surface area contributed by atoms with Gasteiger partial charge in [-0.15, -0.1) is 12.4 Å². The molecular weight excluding hydrogens is 207 g/mol. The molecule has 0 unspecified atom stereocenters. The Kier molecular flexibility index (Phi) is 5.61. The first-order valence-electron chi connectivity index (χ1n) is 2.86. The van der Waals surface area contributed by atoms with Gasteiger partial charge in [0.2, 0.25) is 0 Å². The number of halogens is 4. The Morgan fingerprint density at radius 1 is 1.15 bits per heavy atom. The fourth-order valence-corrected chi connectivity index (χ4v) is 0.539. The van der Waals surface area contributed by atoms with E-state index >= 15 is 0 Å². The average Bonchev–Trinajstić information content (AvgIpc) is 1.86. The zero-order chi connectivity index (χ0) is 8.48. The quantitative estimate of drug-likeness (QED) is 0.723. The van der Waals surface area contributed by atoms with E-state index in [2.05, 4.69) is 9.97 Å². The Labute approximate surface area is 79.4 Å². The van der Waals surface area contributed by atoms with Crippen LogP contribution in [0.15, 0.2) is 12.4 Å². The van der Waals surface area contributed by atoms with Crippen molar-refractivity contribution in [3.8, 4) is 0 Å². The highest BCUT2D eigenvalue weighted by atomic mass is 35.5. The van der Waals surface area contributed by atoms with Crippen molar-refractivity contribution in [1.29, 1.82) is 0 Å². The Bertz CT molecular complexity index is 246. The van der Waals surface area contributed by atoms with Crippen molar-refractivity contribution in [2.24, 2.45) is 0 Å². The van der Waals surface area contributed by atoms with Crippen LogP contribution in [-0.4, -0.2) is 9.97 Å². The predicted octanol–water partition coefficient (Wildman–Crippen LogP) is 2.39. The van der Waals surface area contributed by atoms with Crippen LogP contribution in [0.4, 0.5) is 13.2 Å². The first-order chi connectivity index (χ1) is 5.00. The Morgan fingerprint density at radius 3 is 1.85 bits per heavy atom. The molecule has 1 aromatic rings. The molecule has 7 heteroatoms. The van der Waals surface area contributed by atoms with Gasteiger partial charge in [-0.05, 0) is 6.92 Å². The third-order valence-corrected chi connectivity index (χ3v) is 1.11. The van der Waals surface area contributed by atoms with Gasteiger partial charge in [0.25, 0.3) is 0 Å². The molecule has 0 saturated carbocycles. The van der Waals surface area contributed by atoms with E-state index in [0.29, 0.717) is 5.82 Å². The van der Waals surface area contributed by atoms with E-state index in [1.807, 2.05) is 0 Å². The first-order valence-corrected chi connectivity index (χ1v) is 2.86. The van der Waals surface area contributed by atoms with E-state index in [1.54, 1.807) is 0 Å². The van der Waals surface area contributed by atoms with Crippen molar-refractivity contribution in [1.82, 2.24) is 16.1 Å². The highest BCUT2D eigenvalue weighted by Gasteiger charge is 2.31. The van der Waals surface area contributed by atoms with Crippen LogP contribution in [0, 0.1) is 6.92 Å². The maximum Gasteiger partial charge on any atom is 0.419 e. The lowest BCUT2D eigenvalue weighted by atomic mass is 10.3. The SMILES string of the molecule is Cc1ncc(C(F)(F)F)cn1.Cl.N. The van der Waals surface area contributed by atoms with Gasteiger partial charge in [-0.25, -0.2) is 9.97 Å². The number of hydrogen-bond donors (Lipinski definition) is 1. The number of aryl methyl sites for hydroxylation is 1. The molecule has 0 spiro atoms. The summed E-state index contributed by atoms with van der Waals surface area (Å²) < 4.78 is 35.5. The topological polar surface area (TPSA) is 60.8 Å². The van der Waals surface area contributed by atoms with Crippen LogP contribution in [0.25, 0.3) is 0 Å². The molecule has 3 N–H and O–H groups in total. The van der Waals surface area contributed by atoms with Crippen LogP contribution < -0.4 is 6.15 Å². The second kappa shape index (κ2) is 4.98. The molecule has 0 amide bonds. The van der Waals surface area contributed by atoms with Crippen LogP contribution in [0.2, 0.25) is 0 Å². The van der Waals surface area contributed by atoms with Crippen LogP contribution in [0.3, 0.4) is 0 Å². The van der Waals surface area contributed by atoms with Crippen molar-refractivity contribution >= 4 is 12.4 Å². The summed E-state index contributed by atoms with van der Waals surface area (Å²) in [4.78, 5) is 6.83. The summed E-state index contributed by atoms with van der Waals surface area (Å²) in [5.41, 5.74) is -0.817. The van der Waals surface area contributed by atoms with Gasteiger partial charge in [-0.3, -0.25) is 0 Å². The normalized spacial score (nSPS) is 9.85. The molecule has 1 heterocycles. The summed E-state index contributed by atoms with van der Waals surface area (Å²) in [6.45, 7) is 1.53. The molecule has 0 aliphatic rings. The van der Waals surface area contributed by atoms with Crippen LogP contribution in [0.1, 0.15) is 11.4 Å². The monoisotopic (exact) mass is 215 g/mol. The Morgan fingerprint density at radius 2 is 1.54 bits per heavy atom. The van der Waals surface area contributed by atoms with Crippen molar-refractivity contribution in [3.63, 3.8) is 0 Å². The molecule has 1 rings (SSSR count). The molecule has 3 nitrogen and oxygen atoms in total. The summed E-state index contributed by atoms with van der Waals surface area (Å²) in [6, 6.07) is 0. The summed E-state index contributed by atoms with van der Waals surface area (Å²) in [5.74, 6) is 0.331. The summed E-state index contributed by atoms with van der Waals surface area (Å²) in [6.07, 6.45) is -2.81. The second-order valence-electron chi connectivity index (χ2n) is 2.02. The maximum absolute atomic E-state index is 11.8. The lowest BCUT2D eigenvalue weighted by Gasteiger charge is -2.03. The molecule has 0 radical (unpaired) electrons. The molecular formula is C6H9ClF3N3. The summed E-state index contributed by atoms with van der Waals surface area (Å²) in [7, 11) is 0. The highest BCUT2D eigenvalue weighted by molar-refractivity contribution is 5.85. The summed E-state index contributed by atoms with van der Waals surface area (Å²) >= 11 is 0. The van der Waals surface area contributed by atoms with E-state index in [9.17, 15) is 13.2 Å². The van der Waals surface area contributed by atoms with Gasteiger partial charge < -0.3 is 6.15 Å². The van der Waals surface area contributed by atoms with Gasteiger partial charge in [0.15, 0.2) is 0 Å². The third-order valence-electron chi connectivity index (χ3n) is 1.11. The molecule has 13 heavy (non-hydrogen) atoms. The summed E-state index contributed by atoms with van der Waals surface area (Å²) in [5, 5.41) is 0. The van der Waals surface area contributed by atoms with E-state index in [-0.39, 0.29) is 18.6 Å². The molecule has 0 saturated heterocycles. The standard InChI is InChI=1S/C6H5F3N2.ClH.H3N/c1-4-10-2-5(3-11-4)6(7,8)9;;/h2-3H,1H3;1H;1H3. The lowest BCUT2D eigenvalue weighted by Crippen LogP contribution is -2.06. The molecule has 1 aromatic heterocycles. The van der Waals surface area contributed by atoms with E-state index in [1.165, 1.54) is 6.92 Å². The van der Waals surface area contributed by atoms with Crippen molar-refractivity contribution in [3.05, 3.63) is 23.8 Å². The van der Waals surface area contributed by atoms with Gasteiger partial charge in [-0.1, -0.05) is 0 Å². The average molecular weight is 216 g/mol. The molecule has 0 aliphatic heterocycles. The third kappa shape index (κ3) is 4.05. The smallest absolute Gasteiger partial charge is 0.344 e. The Hall–Kier alpha value is -0.880. The van der Waals surface area contributed by atoms with E-state index in [0.717, 1.165) is 12.4 Å². The molecule has 0 bridgehead atoms. The minimum atomic E-state index is -4.34. The van der Waals surface area contributed by atoms with Crippen molar-refractivity contribution in [2.45, 2.75) is 13.1 Å². The van der Waals surface area contributed by atoms with Crippen LogP contribution in [-0.2, 0) is 6.18 Å². The molecule has 0 atom stereocenters. The fourth-order valence-electron chi connectivity index (χ4n) is 0.539. The minimum Gasteiger partial charge on any atom is -0.344 e. The van der Waals surface area contributed by atoms with Crippen LogP contribution in [0.5, 0.6) is 0 Å². The fraction of sp³-hybridized carbons (Fsp3) is 0.333. The van der Waals surface area contributed by atoms with Gasteiger partial charge >= 0.3 is 6.18 Å². The zero-order valence-corrected chi connectivity index (χ0v) is 7.61. The minimum absolute atomic E-state index is 0. The molecule has 0 fully saturated rings. The number of nitrogens with zero attached hydrogens (tertiary/aromatic N) is 2. The van der Waals surface area contributed by atoms with Gasteiger partial charge in [0.05, 0.1) is 5.56 Å². The lowest BCUT2D eigenvalue weighted by molar-refractivity contribution is -0.138. The molecule has 76 valence electrons. The number of hydrogen-bond acceptors (Lipinski definition) is 3. The van der Waals surface area contributed by atoms with Gasteiger partial charge in [0.1, 0.15) is 5.82 Å². The second-order valence-corrected chi connectivity index (χ2v) is 2.02. The van der Waals surface area contributed by atoms with Gasteiger partial charge in [-0.2, -0.15) is 13.2 Å². The maximum atomic E-state index is 11.8. The zero-order valence-electron chi connectivity index (χ0n) is 6.80. The number of aromatic nitrogens is 2. The highest BCUT2D eigenvalue weighted by Crippen LogP contribution is 2.27. The largest absolute Gasteiger partial charge is 0.419 e. The number of alkyl halides is 3. The number of rotatable bonds is 0. The van der Waals surface area contributed by atoms with Crippen molar-refractivity contribution < 1.29 is 13.2 Å². The molecule has 0 aromatic carbocycles. The Balaban J connectivity index is 0. The van der Waals surface area contributed by atoms with Crippen molar-refractivity contribution in [2.75, 3.05) is 0 Å². The van der Waals surface area contributed by atoms with Gasteiger partial charge in [0, 0.05) is 12.4 Å².